The Balaban J connectivity index is 1.63. The maximum absolute atomic E-state index is 12.3. The third-order valence-electron chi connectivity index (χ3n) is 3.85. The van der Waals surface area contributed by atoms with Gasteiger partial charge in [-0.1, -0.05) is 36.4 Å². The molecule has 0 aliphatic rings. The van der Waals surface area contributed by atoms with Gasteiger partial charge in [0.05, 0.1) is 0 Å². The van der Waals surface area contributed by atoms with Crippen molar-refractivity contribution in [2.24, 2.45) is 0 Å². The quantitative estimate of drug-likeness (QED) is 0.724. The molecule has 25 heavy (non-hydrogen) atoms. The lowest BCUT2D eigenvalue weighted by Gasteiger charge is -2.16. The second-order valence-corrected chi connectivity index (χ2v) is 5.75. The number of nitrogens with zero attached hydrogens (tertiary/aromatic N) is 2. The first-order chi connectivity index (χ1) is 12.2. The number of carbonyl (C=O) groups is 1. The fourth-order valence-corrected chi connectivity index (χ4v) is 2.50. The van der Waals surface area contributed by atoms with Gasteiger partial charge in [0.1, 0.15) is 5.69 Å². The van der Waals surface area contributed by atoms with Gasteiger partial charge in [-0.05, 0) is 36.2 Å². The summed E-state index contributed by atoms with van der Waals surface area (Å²) in [6, 6.07) is 17.7. The van der Waals surface area contributed by atoms with Crippen molar-refractivity contribution in [3.8, 4) is 0 Å². The van der Waals surface area contributed by atoms with Gasteiger partial charge in [0.2, 0.25) is 0 Å². The molecule has 0 unspecified atom stereocenters. The van der Waals surface area contributed by atoms with Crippen LogP contribution in [0.1, 0.15) is 34.6 Å². The number of hydrogen-bond acceptors (Lipinski definition) is 4. The van der Waals surface area contributed by atoms with E-state index in [1.807, 2.05) is 36.4 Å². The van der Waals surface area contributed by atoms with Crippen LogP contribution in [0.25, 0.3) is 0 Å². The van der Waals surface area contributed by atoms with E-state index in [2.05, 4.69) is 39.7 Å². The zero-order valence-corrected chi connectivity index (χ0v) is 14.0. The molecule has 0 saturated carbocycles. The van der Waals surface area contributed by atoms with Crippen molar-refractivity contribution in [3.63, 3.8) is 0 Å². The highest BCUT2D eigenvalue weighted by Gasteiger charge is 2.10. The van der Waals surface area contributed by atoms with E-state index in [1.165, 1.54) is 5.56 Å². The number of pyridine rings is 2. The van der Waals surface area contributed by atoms with Gasteiger partial charge in [0.25, 0.3) is 5.91 Å². The zero-order valence-electron chi connectivity index (χ0n) is 14.0. The predicted octanol–water partition coefficient (Wildman–Crippen LogP) is 3.58. The molecule has 2 heterocycles. The SMILES string of the molecule is C[C@@H](Nc1ccnc(C(=O)NCc2cccnc2)c1)c1ccccc1. The Morgan fingerprint density at radius 1 is 1.08 bits per heavy atom. The molecule has 0 radical (unpaired) electrons. The van der Waals surface area contributed by atoms with Gasteiger partial charge in [-0.25, -0.2) is 0 Å². The van der Waals surface area contributed by atoms with Crippen LogP contribution in [-0.2, 0) is 6.54 Å². The van der Waals surface area contributed by atoms with Crippen molar-refractivity contribution >= 4 is 11.6 Å². The van der Waals surface area contributed by atoms with E-state index < -0.39 is 0 Å². The topological polar surface area (TPSA) is 66.9 Å². The number of aromatic nitrogens is 2. The minimum atomic E-state index is -0.208. The molecule has 5 heteroatoms. The number of rotatable bonds is 6. The van der Waals surface area contributed by atoms with Gasteiger partial charge >= 0.3 is 0 Å². The van der Waals surface area contributed by atoms with Crippen LogP contribution in [0.15, 0.2) is 73.2 Å². The minimum absolute atomic E-state index is 0.134. The van der Waals surface area contributed by atoms with Gasteiger partial charge in [-0.15, -0.1) is 0 Å². The summed E-state index contributed by atoms with van der Waals surface area (Å²) >= 11 is 0. The van der Waals surface area contributed by atoms with Crippen molar-refractivity contribution in [2.75, 3.05) is 5.32 Å². The number of amides is 1. The van der Waals surface area contributed by atoms with Gasteiger partial charge in [-0.2, -0.15) is 0 Å². The number of hydrogen-bond donors (Lipinski definition) is 2. The summed E-state index contributed by atoms with van der Waals surface area (Å²) in [5, 5.41) is 6.26. The zero-order chi connectivity index (χ0) is 17.5. The smallest absolute Gasteiger partial charge is 0.270 e. The summed E-state index contributed by atoms with van der Waals surface area (Å²) in [5.74, 6) is -0.208. The average Bonchev–Trinajstić information content (AvgIpc) is 2.68. The Morgan fingerprint density at radius 2 is 1.92 bits per heavy atom. The van der Waals surface area contributed by atoms with Crippen LogP contribution < -0.4 is 10.6 Å². The van der Waals surface area contributed by atoms with Crippen LogP contribution in [0.5, 0.6) is 0 Å². The normalized spacial score (nSPS) is 11.6. The fourth-order valence-electron chi connectivity index (χ4n) is 2.50. The maximum Gasteiger partial charge on any atom is 0.270 e. The van der Waals surface area contributed by atoms with Crippen LogP contribution in [0.4, 0.5) is 5.69 Å². The second-order valence-electron chi connectivity index (χ2n) is 5.75. The number of nitrogens with one attached hydrogen (secondary N) is 2. The Kier molecular flexibility index (Phi) is 5.36. The molecule has 0 aliphatic carbocycles. The molecule has 2 aromatic heterocycles. The summed E-state index contributed by atoms with van der Waals surface area (Å²) in [4.78, 5) is 20.5. The molecular weight excluding hydrogens is 312 g/mol. The van der Waals surface area contributed by atoms with Crippen molar-refractivity contribution in [3.05, 3.63) is 90.0 Å². The molecule has 1 atom stereocenters. The van der Waals surface area contributed by atoms with E-state index in [0.29, 0.717) is 12.2 Å². The minimum Gasteiger partial charge on any atom is -0.378 e. The number of anilines is 1. The predicted molar refractivity (Wildman–Crippen MR) is 98.1 cm³/mol. The summed E-state index contributed by atoms with van der Waals surface area (Å²) in [6.45, 7) is 2.50. The Labute approximate surface area is 147 Å². The highest BCUT2D eigenvalue weighted by Crippen LogP contribution is 2.19. The Morgan fingerprint density at radius 3 is 2.68 bits per heavy atom. The van der Waals surface area contributed by atoms with Crippen LogP contribution in [0.3, 0.4) is 0 Å². The molecular formula is C20H20N4O. The molecule has 1 aromatic carbocycles. The van der Waals surface area contributed by atoms with E-state index >= 15 is 0 Å². The standard InChI is InChI=1S/C20H20N4O/c1-15(17-7-3-2-4-8-17)24-18-9-11-22-19(12-18)20(25)23-14-16-6-5-10-21-13-16/h2-13,15H,14H2,1H3,(H,22,24)(H,23,25)/t15-/m1/s1. The van der Waals surface area contributed by atoms with Gasteiger partial charge in [-0.3, -0.25) is 14.8 Å². The lowest BCUT2D eigenvalue weighted by atomic mass is 10.1. The van der Waals surface area contributed by atoms with Crippen molar-refractivity contribution in [1.29, 1.82) is 0 Å². The average molecular weight is 332 g/mol. The van der Waals surface area contributed by atoms with E-state index in [9.17, 15) is 4.79 Å². The van der Waals surface area contributed by atoms with Crippen LogP contribution >= 0.6 is 0 Å². The van der Waals surface area contributed by atoms with E-state index in [1.54, 1.807) is 24.7 Å². The Bertz CT molecular complexity index is 821. The van der Waals surface area contributed by atoms with E-state index in [0.717, 1.165) is 11.3 Å². The van der Waals surface area contributed by atoms with Crippen molar-refractivity contribution < 1.29 is 4.79 Å². The second kappa shape index (κ2) is 8.06. The van der Waals surface area contributed by atoms with E-state index in [-0.39, 0.29) is 11.9 Å². The molecule has 5 nitrogen and oxygen atoms in total. The summed E-state index contributed by atoms with van der Waals surface area (Å²) in [6.07, 6.45) is 5.07. The molecule has 0 fully saturated rings. The first-order valence-corrected chi connectivity index (χ1v) is 8.17. The summed E-state index contributed by atoms with van der Waals surface area (Å²) in [7, 11) is 0. The molecule has 0 spiro atoms. The van der Waals surface area contributed by atoms with E-state index in [4.69, 9.17) is 0 Å². The third kappa shape index (κ3) is 4.64. The first-order valence-electron chi connectivity index (χ1n) is 8.17. The lowest BCUT2D eigenvalue weighted by Crippen LogP contribution is -2.24. The number of carbonyl (C=O) groups excluding carboxylic acids is 1. The first kappa shape index (κ1) is 16.6. The lowest BCUT2D eigenvalue weighted by molar-refractivity contribution is 0.0946. The van der Waals surface area contributed by atoms with Gasteiger partial charge < -0.3 is 10.6 Å². The largest absolute Gasteiger partial charge is 0.378 e. The molecule has 3 aromatic rings. The summed E-state index contributed by atoms with van der Waals surface area (Å²) < 4.78 is 0. The van der Waals surface area contributed by atoms with Gasteiger partial charge in [0, 0.05) is 36.9 Å². The molecule has 3 rings (SSSR count). The van der Waals surface area contributed by atoms with Crippen LogP contribution in [0.2, 0.25) is 0 Å². The molecule has 0 bridgehead atoms. The van der Waals surface area contributed by atoms with Crippen LogP contribution in [0, 0.1) is 0 Å². The third-order valence-corrected chi connectivity index (χ3v) is 3.85. The highest BCUT2D eigenvalue weighted by atomic mass is 16.1. The van der Waals surface area contributed by atoms with Crippen LogP contribution in [-0.4, -0.2) is 15.9 Å². The monoisotopic (exact) mass is 332 g/mol. The van der Waals surface area contributed by atoms with Gasteiger partial charge in [0.15, 0.2) is 0 Å². The van der Waals surface area contributed by atoms with Crippen molar-refractivity contribution in [2.45, 2.75) is 19.5 Å². The molecule has 0 saturated heterocycles. The number of benzene rings is 1. The van der Waals surface area contributed by atoms with Crippen molar-refractivity contribution in [1.82, 2.24) is 15.3 Å². The molecule has 0 aliphatic heterocycles. The Hall–Kier alpha value is -3.21. The summed E-state index contributed by atoms with van der Waals surface area (Å²) in [5.41, 5.74) is 3.37. The molecule has 1 amide bonds. The molecule has 126 valence electrons. The highest BCUT2D eigenvalue weighted by molar-refractivity contribution is 5.93. The maximum atomic E-state index is 12.3. The molecule has 2 N–H and O–H groups in total. The fraction of sp³-hybridized carbons (Fsp3) is 0.150.